The van der Waals surface area contributed by atoms with Gasteiger partial charge in [0, 0.05) is 11.1 Å². The summed E-state index contributed by atoms with van der Waals surface area (Å²) >= 11 is 0. The van der Waals surface area contributed by atoms with Crippen LogP contribution in [-0.2, 0) is 0 Å². The van der Waals surface area contributed by atoms with Crippen LogP contribution in [0.4, 0.5) is 17.6 Å². The Morgan fingerprint density at radius 1 is 0.771 bits per heavy atom. The highest BCUT2D eigenvalue weighted by atomic mass is 19.2. The van der Waals surface area contributed by atoms with Gasteiger partial charge in [-0.25, -0.2) is 13.2 Å². The highest BCUT2D eigenvalue weighted by Gasteiger charge is 2.20. The minimum Gasteiger partial charge on any atom is -0.462 e. The van der Waals surface area contributed by atoms with Crippen molar-refractivity contribution in [1.29, 1.82) is 0 Å². The Morgan fingerprint density at radius 3 is 1.91 bits per heavy atom. The molecule has 0 saturated heterocycles. The lowest BCUT2D eigenvalue weighted by Gasteiger charge is -2.16. The van der Waals surface area contributed by atoms with E-state index in [4.69, 9.17) is 4.74 Å². The topological polar surface area (TPSA) is 9.23 Å². The molecule has 0 spiro atoms. The SMILES string of the molecule is C=CC(C)CCC(C)c1ccc(-c2ccc(-c3ccc(O/C=C\CC)c(F)c3F)cc2)c(F)c1F. The second kappa shape index (κ2) is 11.9. The van der Waals surface area contributed by atoms with E-state index in [1.807, 2.05) is 26.8 Å². The van der Waals surface area contributed by atoms with Crippen molar-refractivity contribution in [1.82, 2.24) is 0 Å². The molecule has 2 unspecified atom stereocenters. The second-order valence-corrected chi connectivity index (χ2v) is 8.74. The molecule has 0 saturated carbocycles. The Hall–Kier alpha value is -3.34. The smallest absolute Gasteiger partial charge is 0.201 e. The summed E-state index contributed by atoms with van der Waals surface area (Å²) < 4.78 is 64.1. The fourth-order valence-corrected chi connectivity index (χ4v) is 3.85. The van der Waals surface area contributed by atoms with Crippen LogP contribution in [-0.4, -0.2) is 0 Å². The summed E-state index contributed by atoms with van der Waals surface area (Å²) in [5.41, 5.74) is 1.35. The van der Waals surface area contributed by atoms with Gasteiger partial charge in [0.05, 0.1) is 6.26 Å². The third-order valence-corrected chi connectivity index (χ3v) is 6.18. The van der Waals surface area contributed by atoms with Crippen molar-refractivity contribution < 1.29 is 22.3 Å². The van der Waals surface area contributed by atoms with Gasteiger partial charge >= 0.3 is 0 Å². The zero-order chi connectivity index (χ0) is 25.5. The minimum atomic E-state index is -1.09. The van der Waals surface area contributed by atoms with Gasteiger partial charge in [-0.3, -0.25) is 0 Å². The number of ether oxygens (including phenoxy) is 1. The van der Waals surface area contributed by atoms with Gasteiger partial charge in [0.25, 0.3) is 0 Å². The van der Waals surface area contributed by atoms with Crippen molar-refractivity contribution >= 4 is 0 Å². The minimum absolute atomic E-state index is 0.0467. The van der Waals surface area contributed by atoms with Crippen molar-refractivity contribution in [3.63, 3.8) is 0 Å². The first-order valence-corrected chi connectivity index (χ1v) is 11.8. The molecule has 184 valence electrons. The Balaban J connectivity index is 1.84. The summed E-state index contributed by atoms with van der Waals surface area (Å²) in [6, 6.07) is 12.2. The molecular weight excluding hydrogens is 452 g/mol. The molecule has 0 heterocycles. The van der Waals surface area contributed by atoms with Gasteiger partial charge < -0.3 is 4.74 Å². The van der Waals surface area contributed by atoms with Gasteiger partial charge in [0.15, 0.2) is 23.2 Å². The van der Waals surface area contributed by atoms with E-state index in [2.05, 4.69) is 6.58 Å². The molecule has 5 heteroatoms. The number of halogens is 4. The average Bonchev–Trinajstić information content (AvgIpc) is 2.87. The van der Waals surface area contributed by atoms with Gasteiger partial charge in [-0.1, -0.05) is 63.2 Å². The lowest BCUT2D eigenvalue weighted by Crippen LogP contribution is -2.03. The molecule has 0 aliphatic carbocycles. The number of rotatable bonds is 10. The monoisotopic (exact) mass is 482 g/mol. The first-order chi connectivity index (χ1) is 16.8. The lowest BCUT2D eigenvalue weighted by molar-refractivity contribution is 0.415. The molecule has 0 aliphatic heterocycles. The molecule has 3 aromatic carbocycles. The van der Waals surface area contributed by atoms with Crippen LogP contribution >= 0.6 is 0 Å². The third-order valence-electron chi connectivity index (χ3n) is 6.18. The maximum absolute atomic E-state index is 15.0. The van der Waals surface area contributed by atoms with E-state index in [0.29, 0.717) is 29.0 Å². The summed E-state index contributed by atoms with van der Waals surface area (Å²) in [7, 11) is 0. The summed E-state index contributed by atoms with van der Waals surface area (Å²) in [6.07, 6.45) is 7.11. The molecular formula is C30H30F4O. The zero-order valence-corrected chi connectivity index (χ0v) is 20.3. The van der Waals surface area contributed by atoms with Crippen LogP contribution in [0.5, 0.6) is 5.75 Å². The normalized spacial score (nSPS) is 13.1. The molecule has 1 nitrogen and oxygen atoms in total. The van der Waals surface area contributed by atoms with Crippen molar-refractivity contribution in [2.45, 2.75) is 46.0 Å². The second-order valence-electron chi connectivity index (χ2n) is 8.74. The highest BCUT2D eigenvalue weighted by molar-refractivity contribution is 5.71. The van der Waals surface area contributed by atoms with E-state index in [-0.39, 0.29) is 22.8 Å². The molecule has 0 amide bonds. The van der Waals surface area contributed by atoms with Crippen molar-refractivity contribution in [2.24, 2.45) is 5.92 Å². The highest BCUT2D eigenvalue weighted by Crippen LogP contribution is 2.34. The van der Waals surface area contributed by atoms with Gasteiger partial charge in [-0.2, -0.15) is 4.39 Å². The Labute approximate surface area is 204 Å². The van der Waals surface area contributed by atoms with E-state index in [1.165, 1.54) is 18.4 Å². The fraction of sp³-hybridized carbons (Fsp3) is 0.267. The van der Waals surface area contributed by atoms with Crippen molar-refractivity contribution in [3.05, 3.63) is 102 Å². The van der Waals surface area contributed by atoms with Gasteiger partial charge in [0.2, 0.25) is 5.82 Å². The number of benzene rings is 3. The Bertz CT molecular complexity index is 1200. The Kier molecular flexibility index (Phi) is 8.91. The van der Waals surface area contributed by atoms with E-state index in [9.17, 15) is 17.6 Å². The average molecular weight is 483 g/mol. The number of hydrogen-bond acceptors (Lipinski definition) is 1. The molecule has 0 aliphatic rings. The summed E-state index contributed by atoms with van der Waals surface area (Å²) in [6.45, 7) is 9.57. The van der Waals surface area contributed by atoms with E-state index >= 15 is 0 Å². The molecule has 3 rings (SSSR count). The first-order valence-electron chi connectivity index (χ1n) is 11.8. The Morgan fingerprint density at radius 2 is 1.34 bits per heavy atom. The van der Waals surface area contributed by atoms with Crippen LogP contribution in [0, 0.1) is 29.2 Å². The van der Waals surface area contributed by atoms with E-state index in [1.54, 1.807) is 42.5 Å². The molecule has 2 atom stereocenters. The zero-order valence-electron chi connectivity index (χ0n) is 20.3. The van der Waals surface area contributed by atoms with Crippen LogP contribution in [0.2, 0.25) is 0 Å². The van der Waals surface area contributed by atoms with Crippen molar-refractivity contribution in [2.75, 3.05) is 0 Å². The van der Waals surface area contributed by atoms with Crippen LogP contribution < -0.4 is 4.74 Å². The van der Waals surface area contributed by atoms with E-state index < -0.39 is 23.3 Å². The fourth-order valence-electron chi connectivity index (χ4n) is 3.85. The van der Waals surface area contributed by atoms with Crippen LogP contribution in [0.3, 0.4) is 0 Å². The largest absolute Gasteiger partial charge is 0.462 e. The predicted molar refractivity (Wildman–Crippen MR) is 134 cm³/mol. The maximum Gasteiger partial charge on any atom is 0.201 e. The van der Waals surface area contributed by atoms with Gasteiger partial charge in [0.1, 0.15) is 0 Å². The maximum atomic E-state index is 15.0. The third kappa shape index (κ3) is 6.02. The van der Waals surface area contributed by atoms with Gasteiger partial charge in [-0.05, 0) is 66.0 Å². The molecule has 0 N–H and O–H groups in total. The van der Waals surface area contributed by atoms with Crippen molar-refractivity contribution in [3.8, 4) is 28.0 Å². The summed E-state index contributed by atoms with van der Waals surface area (Å²) in [5, 5.41) is 0. The lowest BCUT2D eigenvalue weighted by atomic mass is 9.90. The van der Waals surface area contributed by atoms with E-state index in [0.717, 1.165) is 12.8 Å². The molecule has 0 aromatic heterocycles. The first kappa shape index (κ1) is 26.3. The molecule has 3 aromatic rings. The molecule has 0 bridgehead atoms. The summed E-state index contributed by atoms with van der Waals surface area (Å²) in [4.78, 5) is 0. The van der Waals surface area contributed by atoms with Crippen LogP contribution in [0.1, 0.15) is 51.5 Å². The van der Waals surface area contributed by atoms with Crippen LogP contribution in [0.25, 0.3) is 22.3 Å². The molecule has 35 heavy (non-hydrogen) atoms. The quantitative estimate of drug-likeness (QED) is 0.159. The van der Waals surface area contributed by atoms with Gasteiger partial charge in [-0.15, -0.1) is 6.58 Å². The van der Waals surface area contributed by atoms with Crippen LogP contribution in [0.15, 0.2) is 73.5 Å². The number of hydrogen-bond donors (Lipinski definition) is 0. The number of allylic oxidation sites excluding steroid dienone is 2. The predicted octanol–water partition coefficient (Wildman–Crippen LogP) is 9.59. The standard InChI is InChI=1S/C30H30F4O/c1-5-7-18-35-26-17-16-25(29(33)30(26)34)22-12-10-21(11-13-22)24-15-14-23(27(31)28(24)32)20(4)9-8-19(3)6-2/h6-7,10-20H,2,5,8-9H2,1,3-4H3/b18-7-. The summed E-state index contributed by atoms with van der Waals surface area (Å²) in [5.74, 6) is -3.94. The molecule has 0 radical (unpaired) electrons. The molecule has 0 fully saturated rings.